The van der Waals surface area contributed by atoms with Gasteiger partial charge in [-0.15, -0.1) is 0 Å². The van der Waals surface area contributed by atoms with Crippen molar-refractivity contribution in [1.82, 2.24) is 14.7 Å². The molecular formula is C22H23N3O5. The lowest BCUT2D eigenvalue weighted by atomic mass is 10.0. The lowest BCUT2D eigenvalue weighted by Crippen LogP contribution is -2.38. The van der Waals surface area contributed by atoms with E-state index in [-0.39, 0.29) is 17.2 Å². The van der Waals surface area contributed by atoms with Gasteiger partial charge in [-0.1, -0.05) is 30.3 Å². The third-order valence-electron chi connectivity index (χ3n) is 5.03. The number of ether oxygens (including phenoxy) is 2. The zero-order chi connectivity index (χ0) is 20.9. The Morgan fingerprint density at radius 2 is 1.83 bits per heavy atom. The van der Waals surface area contributed by atoms with E-state index in [1.807, 2.05) is 36.4 Å². The summed E-state index contributed by atoms with van der Waals surface area (Å²) >= 11 is 0. The zero-order valence-corrected chi connectivity index (χ0v) is 16.4. The molecule has 30 heavy (non-hydrogen) atoms. The molecular weight excluding hydrogens is 386 g/mol. The fourth-order valence-electron chi connectivity index (χ4n) is 3.40. The second kappa shape index (κ2) is 8.98. The van der Waals surface area contributed by atoms with Crippen molar-refractivity contribution in [2.75, 3.05) is 39.5 Å². The summed E-state index contributed by atoms with van der Waals surface area (Å²) in [6.45, 7) is 4.09. The average molecular weight is 409 g/mol. The Morgan fingerprint density at radius 1 is 1.10 bits per heavy atom. The fraction of sp³-hybridized carbons (Fsp3) is 0.273. The molecule has 0 unspecified atom stereocenters. The first-order valence-corrected chi connectivity index (χ1v) is 9.76. The second-order valence-corrected chi connectivity index (χ2v) is 6.95. The fourth-order valence-corrected chi connectivity index (χ4v) is 3.40. The summed E-state index contributed by atoms with van der Waals surface area (Å²) < 4.78 is 12.7. The van der Waals surface area contributed by atoms with Gasteiger partial charge in [0.05, 0.1) is 25.1 Å². The Bertz CT molecular complexity index is 1010. The summed E-state index contributed by atoms with van der Waals surface area (Å²) in [4.78, 5) is 13.8. The van der Waals surface area contributed by atoms with E-state index in [4.69, 9.17) is 9.47 Å². The van der Waals surface area contributed by atoms with Gasteiger partial charge in [-0.25, -0.2) is 9.48 Å². The molecule has 156 valence electrons. The Balaban J connectivity index is 1.54. The summed E-state index contributed by atoms with van der Waals surface area (Å²) in [5.74, 6) is -0.691. The number of carbonyl (C=O) groups is 1. The molecule has 4 rings (SSSR count). The van der Waals surface area contributed by atoms with E-state index in [0.29, 0.717) is 32.1 Å². The molecule has 8 heteroatoms. The number of nitrogens with zero attached hydrogens (tertiary/aromatic N) is 3. The molecule has 0 atom stereocenters. The molecule has 0 saturated carbocycles. The van der Waals surface area contributed by atoms with Crippen LogP contribution in [0.15, 0.2) is 54.7 Å². The number of phenolic OH excluding ortho intramolecular Hbond substituents is 1. The predicted octanol–water partition coefficient (Wildman–Crippen LogP) is 2.65. The first-order valence-electron chi connectivity index (χ1n) is 9.76. The van der Waals surface area contributed by atoms with Gasteiger partial charge < -0.3 is 19.7 Å². The molecule has 0 spiro atoms. The van der Waals surface area contributed by atoms with Crippen LogP contribution in [0.4, 0.5) is 0 Å². The molecule has 0 bridgehead atoms. The van der Waals surface area contributed by atoms with E-state index < -0.39 is 5.97 Å². The average Bonchev–Trinajstić information content (AvgIpc) is 3.19. The molecule has 1 fully saturated rings. The molecule has 0 radical (unpaired) electrons. The Labute approximate surface area is 173 Å². The number of hydrogen-bond donors (Lipinski definition) is 2. The third-order valence-corrected chi connectivity index (χ3v) is 5.03. The van der Waals surface area contributed by atoms with Crippen molar-refractivity contribution in [2.45, 2.75) is 0 Å². The minimum atomic E-state index is -1.09. The standard InChI is InChI=1S/C22H23N3O5/c26-20-4-2-1-3-18(20)16-5-7-17(8-6-16)25-21(19(15-23-25)22(27)28)30-14-11-24-9-12-29-13-10-24/h1-8,15,26H,9-14H2,(H,27,28). The summed E-state index contributed by atoms with van der Waals surface area (Å²) in [5, 5.41) is 23.8. The van der Waals surface area contributed by atoms with Crippen LogP contribution in [0.25, 0.3) is 16.8 Å². The van der Waals surface area contributed by atoms with E-state index in [9.17, 15) is 15.0 Å². The van der Waals surface area contributed by atoms with Crippen LogP contribution < -0.4 is 4.74 Å². The SMILES string of the molecule is O=C(O)c1cnn(-c2ccc(-c3ccccc3O)cc2)c1OCCN1CCOCC1. The highest BCUT2D eigenvalue weighted by atomic mass is 16.5. The van der Waals surface area contributed by atoms with E-state index in [0.717, 1.165) is 24.2 Å². The first kappa shape index (κ1) is 19.9. The van der Waals surface area contributed by atoms with Crippen LogP contribution in [0.3, 0.4) is 0 Å². The van der Waals surface area contributed by atoms with Gasteiger partial charge in [-0.3, -0.25) is 4.90 Å². The Kier molecular flexibility index (Phi) is 5.97. The normalized spacial score (nSPS) is 14.5. The highest BCUT2D eigenvalue weighted by Gasteiger charge is 2.20. The van der Waals surface area contributed by atoms with Crippen LogP contribution in [0.1, 0.15) is 10.4 Å². The van der Waals surface area contributed by atoms with Gasteiger partial charge in [-0.2, -0.15) is 5.10 Å². The Morgan fingerprint density at radius 3 is 2.53 bits per heavy atom. The topological polar surface area (TPSA) is 97.0 Å². The number of aromatic nitrogens is 2. The molecule has 2 N–H and O–H groups in total. The zero-order valence-electron chi connectivity index (χ0n) is 16.4. The highest BCUT2D eigenvalue weighted by molar-refractivity contribution is 5.90. The maximum Gasteiger partial charge on any atom is 0.342 e. The van der Waals surface area contributed by atoms with E-state index in [2.05, 4.69) is 10.00 Å². The van der Waals surface area contributed by atoms with Crippen molar-refractivity contribution in [3.8, 4) is 28.4 Å². The van der Waals surface area contributed by atoms with Gasteiger partial charge in [0.1, 0.15) is 17.9 Å². The molecule has 1 aliphatic rings. The lowest BCUT2D eigenvalue weighted by molar-refractivity contribution is 0.0317. The van der Waals surface area contributed by atoms with Gasteiger partial charge in [0.25, 0.3) is 0 Å². The number of aromatic hydroxyl groups is 1. The maximum absolute atomic E-state index is 11.6. The second-order valence-electron chi connectivity index (χ2n) is 6.95. The van der Waals surface area contributed by atoms with Gasteiger partial charge in [0, 0.05) is 25.2 Å². The molecule has 2 heterocycles. The van der Waals surface area contributed by atoms with Crippen LogP contribution in [0.5, 0.6) is 11.6 Å². The van der Waals surface area contributed by atoms with Gasteiger partial charge in [0.15, 0.2) is 0 Å². The number of hydrogen-bond acceptors (Lipinski definition) is 6. The molecule has 1 aliphatic heterocycles. The summed E-state index contributed by atoms with van der Waals surface area (Å²) in [5.41, 5.74) is 2.25. The number of aromatic carboxylic acids is 1. The molecule has 2 aromatic carbocycles. The van der Waals surface area contributed by atoms with Gasteiger partial charge >= 0.3 is 5.97 Å². The van der Waals surface area contributed by atoms with Crippen molar-refractivity contribution in [1.29, 1.82) is 0 Å². The number of morpholine rings is 1. The summed E-state index contributed by atoms with van der Waals surface area (Å²) in [6, 6.07) is 14.4. The quantitative estimate of drug-likeness (QED) is 0.619. The molecule has 3 aromatic rings. The van der Waals surface area contributed by atoms with Crippen molar-refractivity contribution in [3.05, 3.63) is 60.3 Å². The number of carboxylic acids is 1. The smallest absolute Gasteiger partial charge is 0.342 e. The van der Waals surface area contributed by atoms with Crippen LogP contribution in [0.2, 0.25) is 0 Å². The Hall–Kier alpha value is -3.36. The van der Waals surface area contributed by atoms with E-state index in [1.54, 1.807) is 12.1 Å². The first-order chi connectivity index (χ1) is 14.6. The van der Waals surface area contributed by atoms with Crippen LogP contribution in [0, 0.1) is 0 Å². The lowest BCUT2D eigenvalue weighted by Gasteiger charge is -2.26. The highest BCUT2D eigenvalue weighted by Crippen LogP contribution is 2.30. The number of benzene rings is 2. The van der Waals surface area contributed by atoms with Crippen molar-refractivity contribution in [2.24, 2.45) is 0 Å². The molecule has 8 nitrogen and oxygen atoms in total. The number of carboxylic acid groups (broad SMARTS) is 1. The number of phenols is 1. The van der Waals surface area contributed by atoms with E-state index in [1.165, 1.54) is 10.9 Å². The van der Waals surface area contributed by atoms with Crippen molar-refractivity contribution in [3.63, 3.8) is 0 Å². The van der Waals surface area contributed by atoms with Crippen LogP contribution >= 0.6 is 0 Å². The van der Waals surface area contributed by atoms with Gasteiger partial charge in [0.2, 0.25) is 5.88 Å². The van der Waals surface area contributed by atoms with Crippen LogP contribution in [-0.4, -0.2) is 70.3 Å². The minimum absolute atomic E-state index is 0.0155. The molecule has 1 aromatic heterocycles. The van der Waals surface area contributed by atoms with Crippen molar-refractivity contribution < 1.29 is 24.5 Å². The van der Waals surface area contributed by atoms with E-state index >= 15 is 0 Å². The number of rotatable bonds is 7. The monoisotopic (exact) mass is 409 g/mol. The minimum Gasteiger partial charge on any atom is -0.507 e. The largest absolute Gasteiger partial charge is 0.507 e. The summed E-state index contributed by atoms with van der Waals surface area (Å²) in [6.07, 6.45) is 1.29. The van der Waals surface area contributed by atoms with Gasteiger partial charge in [-0.05, 0) is 23.8 Å². The van der Waals surface area contributed by atoms with Crippen molar-refractivity contribution >= 4 is 5.97 Å². The molecule has 0 amide bonds. The number of para-hydroxylation sites is 1. The molecule has 0 aliphatic carbocycles. The molecule has 1 saturated heterocycles. The van der Waals surface area contributed by atoms with Crippen LogP contribution in [-0.2, 0) is 4.74 Å². The third kappa shape index (κ3) is 4.29. The maximum atomic E-state index is 11.6. The predicted molar refractivity (Wildman–Crippen MR) is 110 cm³/mol. The summed E-state index contributed by atoms with van der Waals surface area (Å²) in [7, 11) is 0.